The predicted octanol–water partition coefficient (Wildman–Crippen LogP) is 4.95. The van der Waals surface area contributed by atoms with Crippen LogP contribution in [-0.4, -0.2) is 50.2 Å². The Kier molecular flexibility index (Phi) is 7.90. The fraction of sp³-hybridized carbons (Fsp3) is 0.500. The van der Waals surface area contributed by atoms with E-state index in [1.54, 1.807) is 12.3 Å². The van der Waals surface area contributed by atoms with Crippen LogP contribution in [0.2, 0.25) is 10.0 Å². The summed E-state index contributed by atoms with van der Waals surface area (Å²) in [5, 5.41) is 1.06. The molecule has 1 saturated heterocycles. The second-order valence-corrected chi connectivity index (χ2v) is 11.9. The summed E-state index contributed by atoms with van der Waals surface area (Å²) < 4.78 is 45.3. The monoisotopic (exact) mass is 543 g/mol. The number of carbonyl (C=O) groups excluding carboxylic acids is 1. The molecular formula is C24H28Cl2FN3O4S. The van der Waals surface area contributed by atoms with E-state index in [2.05, 4.69) is 16.8 Å². The number of amides is 1. The summed E-state index contributed by atoms with van der Waals surface area (Å²) in [6.45, 7) is 4.22. The van der Waals surface area contributed by atoms with Crippen LogP contribution in [0, 0.1) is 11.7 Å². The first kappa shape index (κ1) is 26.1. The lowest BCUT2D eigenvalue weighted by Gasteiger charge is -2.36. The molecule has 1 aromatic heterocycles. The van der Waals surface area contributed by atoms with Crippen LogP contribution in [0.15, 0.2) is 24.4 Å². The number of ether oxygens (including phenoxy) is 1. The number of rotatable bonds is 8. The molecular weight excluding hydrogens is 516 g/mol. The zero-order valence-corrected chi connectivity index (χ0v) is 21.9. The van der Waals surface area contributed by atoms with Gasteiger partial charge in [-0.05, 0) is 75.2 Å². The van der Waals surface area contributed by atoms with E-state index in [4.69, 9.17) is 27.9 Å². The summed E-state index contributed by atoms with van der Waals surface area (Å²) in [6, 6.07) is 4.39. The van der Waals surface area contributed by atoms with Gasteiger partial charge in [-0.15, -0.1) is 0 Å². The quantitative estimate of drug-likeness (QED) is 0.506. The molecule has 1 aromatic carbocycles. The van der Waals surface area contributed by atoms with Gasteiger partial charge in [0.15, 0.2) is 0 Å². The van der Waals surface area contributed by atoms with Gasteiger partial charge >= 0.3 is 0 Å². The second-order valence-electron chi connectivity index (χ2n) is 9.33. The van der Waals surface area contributed by atoms with Crippen molar-refractivity contribution in [2.75, 3.05) is 26.0 Å². The summed E-state index contributed by atoms with van der Waals surface area (Å²) in [5.41, 5.74) is 1.26. The third-order valence-corrected chi connectivity index (χ3v) is 7.61. The lowest BCUT2D eigenvalue weighted by molar-refractivity contribution is 0.0977. The van der Waals surface area contributed by atoms with Crippen molar-refractivity contribution in [2.24, 2.45) is 5.92 Å². The summed E-state index contributed by atoms with van der Waals surface area (Å²) in [4.78, 5) is 18.9. The zero-order chi connectivity index (χ0) is 25.3. The van der Waals surface area contributed by atoms with Crippen LogP contribution >= 0.6 is 23.2 Å². The van der Waals surface area contributed by atoms with E-state index < -0.39 is 21.7 Å². The van der Waals surface area contributed by atoms with Crippen LogP contribution < -0.4 is 9.46 Å². The fourth-order valence-corrected chi connectivity index (χ4v) is 5.41. The maximum atomic E-state index is 14.7. The van der Waals surface area contributed by atoms with E-state index >= 15 is 0 Å². The Bertz CT molecular complexity index is 1220. The maximum absolute atomic E-state index is 14.7. The number of piperidine rings is 1. The molecule has 11 heteroatoms. The van der Waals surface area contributed by atoms with Gasteiger partial charge in [0.05, 0.1) is 40.2 Å². The van der Waals surface area contributed by atoms with Gasteiger partial charge < -0.3 is 4.74 Å². The van der Waals surface area contributed by atoms with Crippen molar-refractivity contribution >= 4 is 39.1 Å². The molecule has 1 atom stereocenters. The third-order valence-electron chi connectivity index (χ3n) is 6.54. The number of carbonyl (C=O) groups is 1. The number of halogens is 3. The van der Waals surface area contributed by atoms with E-state index in [1.807, 2.05) is 4.72 Å². The molecule has 0 radical (unpaired) electrons. The molecule has 0 bridgehead atoms. The van der Waals surface area contributed by atoms with Crippen molar-refractivity contribution in [3.63, 3.8) is 0 Å². The first-order valence-electron chi connectivity index (χ1n) is 11.5. The average Bonchev–Trinajstić information content (AvgIpc) is 3.62. The maximum Gasteiger partial charge on any atom is 0.267 e. The van der Waals surface area contributed by atoms with Crippen molar-refractivity contribution in [2.45, 2.75) is 44.6 Å². The van der Waals surface area contributed by atoms with Gasteiger partial charge in [-0.2, -0.15) is 0 Å². The minimum atomic E-state index is -3.79. The standard InChI is InChI=1S/C24H28Cl2FN3O4S/c1-14(23-20(26)9-17(25)12-28-23)30-7-5-15(6-8-30)13-34-22-11-21(27)19(10-18(22)16-3-4-16)24(31)29-35(2,32)33/h9-12,14-16H,3-8,13H2,1-2H3,(H,29,31). The van der Waals surface area contributed by atoms with Gasteiger partial charge in [-0.1, -0.05) is 23.2 Å². The lowest BCUT2D eigenvalue weighted by atomic mass is 9.96. The van der Waals surface area contributed by atoms with Crippen molar-refractivity contribution in [3.8, 4) is 5.75 Å². The van der Waals surface area contributed by atoms with Gasteiger partial charge in [-0.25, -0.2) is 17.5 Å². The lowest BCUT2D eigenvalue weighted by Crippen LogP contribution is -2.37. The van der Waals surface area contributed by atoms with Gasteiger partial charge in [0, 0.05) is 12.3 Å². The number of aromatic nitrogens is 1. The number of hydrogen-bond donors (Lipinski definition) is 1. The molecule has 1 aliphatic carbocycles. The number of likely N-dealkylation sites (tertiary alicyclic amines) is 1. The number of pyridine rings is 1. The molecule has 1 amide bonds. The Balaban J connectivity index is 1.38. The number of hydrogen-bond acceptors (Lipinski definition) is 6. The van der Waals surface area contributed by atoms with Crippen LogP contribution in [0.1, 0.15) is 66.2 Å². The predicted molar refractivity (Wildman–Crippen MR) is 133 cm³/mol. The Morgan fingerprint density at radius 3 is 2.51 bits per heavy atom. The minimum Gasteiger partial charge on any atom is -0.493 e. The Morgan fingerprint density at radius 2 is 1.91 bits per heavy atom. The molecule has 1 aliphatic heterocycles. The second kappa shape index (κ2) is 10.6. The molecule has 1 N–H and O–H groups in total. The summed E-state index contributed by atoms with van der Waals surface area (Å²) in [5.74, 6) is -0.865. The highest BCUT2D eigenvalue weighted by Gasteiger charge is 2.31. The third kappa shape index (κ3) is 6.64. The highest BCUT2D eigenvalue weighted by molar-refractivity contribution is 7.89. The van der Waals surface area contributed by atoms with E-state index in [0.29, 0.717) is 28.3 Å². The van der Waals surface area contributed by atoms with Crippen LogP contribution in [-0.2, 0) is 10.0 Å². The molecule has 2 fully saturated rings. The molecule has 190 valence electrons. The summed E-state index contributed by atoms with van der Waals surface area (Å²) in [7, 11) is -3.79. The van der Waals surface area contributed by atoms with Crippen molar-refractivity contribution in [3.05, 3.63) is 57.1 Å². The average molecular weight is 544 g/mol. The molecule has 2 aliphatic rings. The zero-order valence-electron chi connectivity index (χ0n) is 19.6. The van der Waals surface area contributed by atoms with Crippen LogP contribution in [0.25, 0.3) is 0 Å². The largest absolute Gasteiger partial charge is 0.493 e. The molecule has 1 saturated carbocycles. The van der Waals surface area contributed by atoms with Crippen molar-refractivity contribution in [1.82, 2.24) is 14.6 Å². The van der Waals surface area contributed by atoms with E-state index in [1.165, 1.54) is 12.1 Å². The van der Waals surface area contributed by atoms with Crippen LogP contribution in [0.4, 0.5) is 4.39 Å². The van der Waals surface area contributed by atoms with Gasteiger partial charge in [0.1, 0.15) is 11.6 Å². The van der Waals surface area contributed by atoms with Crippen LogP contribution in [0.5, 0.6) is 5.75 Å². The Morgan fingerprint density at radius 1 is 1.23 bits per heavy atom. The van der Waals surface area contributed by atoms with Crippen molar-refractivity contribution in [1.29, 1.82) is 0 Å². The smallest absolute Gasteiger partial charge is 0.267 e. The summed E-state index contributed by atoms with van der Waals surface area (Å²) in [6.07, 6.45) is 6.12. The minimum absolute atomic E-state index is 0.0582. The molecule has 1 unspecified atom stereocenters. The first-order chi connectivity index (χ1) is 16.5. The number of nitrogens with one attached hydrogen (secondary N) is 1. The molecule has 7 nitrogen and oxygen atoms in total. The van der Waals surface area contributed by atoms with E-state index in [0.717, 1.165) is 56.3 Å². The first-order valence-corrected chi connectivity index (χ1v) is 14.2. The molecule has 0 spiro atoms. The molecule has 2 aromatic rings. The molecule has 4 rings (SSSR count). The highest BCUT2D eigenvalue weighted by atomic mass is 35.5. The topological polar surface area (TPSA) is 88.6 Å². The van der Waals surface area contributed by atoms with Crippen molar-refractivity contribution < 1.29 is 22.3 Å². The van der Waals surface area contributed by atoms with E-state index in [-0.39, 0.29) is 17.5 Å². The fourth-order valence-electron chi connectivity index (χ4n) is 4.43. The number of nitrogens with zero attached hydrogens (tertiary/aromatic N) is 2. The number of sulfonamides is 1. The van der Waals surface area contributed by atoms with E-state index in [9.17, 15) is 17.6 Å². The SMILES string of the molecule is CC(c1ncc(Cl)cc1Cl)N1CCC(COc2cc(F)c(C(=O)NS(C)(=O)=O)cc2C2CC2)CC1. The van der Waals surface area contributed by atoms with Crippen LogP contribution in [0.3, 0.4) is 0 Å². The number of benzene rings is 1. The van der Waals surface area contributed by atoms with Gasteiger partial charge in [0.2, 0.25) is 10.0 Å². The highest BCUT2D eigenvalue weighted by Crippen LogP contribution is 2.45. The Hall–Kier alpha value is -1.94. The van der Waals surface area contributed by atoms with Gasteiger partial charge in [-0.3, -0.25) is 14.7 Å². The summed E-state index contributed by atoms with van der Waals surface area (Å²) >= 11 is 12.3. The molecule has 35 heavy (non-hydrogen) atoms. The molecule has 2 heterocycles. The Labute approximate surface area is 215 Å². The normalized spacial score (nSPS) is 18.3. The van der Waals surface area contributed by atoms with Gasteiger partial charge in [0.25, 0.3) is 5.91 Å².